The molecule has 0 fully saturated rings. The Morgan fingerprint density at radius 1 is 1.19 bits per heavy atom. The third-order valence-corrected chi connectivity index (χ3v) is 3.21. The molecule has 26 heavy (non-hydrogen) atoms. The molecule has 136 valence electrons. The smallest absolute Gasteiger partial charge is 0.344 e. The highest BCUT2D eigenvalue weighted by Gasteiger charge is 2.17. The Bertz CT molecular complexity index is 845. The zero-order chi connectivity index (χ0) is 19.1. The predicted molar refractivity (Wildman–Crippen MR) is 89.6 cm³/mol. The van der Waals surface area contributed by atoms with E-state index in [4.69, 9.17) is 16.3 Å². The number of hydrogen-bond acceptors (Lipinski definition) is 6. The fraction of sp³-hybridized carbons (Fsp3) is 0.125. The largest absolute Gasteiger partial charge is 0.479 e. The predicted octanol–water partition coefficient (Wildman–Crippen LogP) is 2.95. The number of amides is 1. The van der Waals surface area contributed by atoms with Crippen LogP contribution >= 0.6 is 11.6 Å². The van der Waals surface area contributed by atoms with E-state index < -0.39 is 41.5 Å². The summed E-state index contributed by atoms with van der Waals surface area (Å²) in [6, 6.07) is 9.16. The van der Waals surface area contributed by atoms with Crippen LogP contribution in [-0.4, -0.2) is 30.0 Å². The van der Waals surface area contributed by atoms with Gasteiger partial charge in [-0.25, -0.2) is 9.18 Å². The number of nitrogens with zero attached hydrogens (tertiary/aromatic N) is 1. The van der Waals surface area contributed by atoms with Crippen molar-refractivity contribution in [2.75, 3.05) is 18.5 Å². The first kappa shape index (κ1) is 19.1. The molecule has 2 aromatic rings. The van der Waals surface area contributed by atoms with Gasteiger partial charge in [-0.05, 0) is 24.3 Å². The van der Waals surface area contributed by atoms with E-state index >= 15 is 0 Å². The maximum Gasteiger partial charge on any atom is 0.344 e. The Kier molecular flexibility index (Phi) is 6.45. The first-order valence-corrected chi connectivity index (χ1v) is 7.51. The van der Waals surface area contributed by atoms with E-state index in [-0.39, 0.29) is 16.5 Å². The van der Waals surface area contributed by atoms with Crippen molar-refractivity contribution in [1.82, 2.24) is 0 Å². The Morgan fingerprint density at radius 2 is 1.92 bits per heavy atom. The summed E-state index contributed by atoms with van der Waals surface area (Å²) in [5.74, 6) is -2.48. The van der Waals surface area contributed by atoms with Crippen molar-refractivity contribution in [2.45, 2.75) is 0 Å². The van der Waals surface area contributed by atoms with Crippen molar-refractivity contribution in [1.29, 1.82) is 0 Å². The van der Waals surface area contributed by atoms with Gasteiger partial charge in [0.05, 0.1) is 4.92 Å². The zero-order valence-corrected chi connectivity index (χ0v) is 13.9. The number of esters is 1. The molecule has 0 aliphatic rings. The van der Waals surface area contributed by atoms with Crippen LogP contribution in [0.2, 0.25) is 5.02 Å². The Hall–Kier alpha value is -3.20. The number of halogens is 2. The van der Waals surface area contributed by atoms with Crippen molar-refractivity contribution in [3.05, 3.63) is 63.4 Å². The number of rotatable bonds is 7. The third-order valence-electron chi connectivity index (χ3n) is 2.98. The van der Waals surface area contributed by atoms with Crippen LogP contribution in [0, 0.1) is 15.9 Å². The molecular weight excluding hydrogens is 371 g/mol. The van der Waals surface area contributed by atoms with Gasteiger partial charge in [0.25, 0.3) is 11.6 Å². The number of nitro benzene ring substituents is 1. The molecule has 0 saturated carbocycles. The number of para-hydroxylation sites is 1. The molecule has 2 rings (SSSR count). The van der Waals surface area contributed by atoms with Gasteiger partial charge in [0.15, 0.2) is 24.8 Å². The summed E-state index contributed by atoms with van der Waals surface area (Å²) in [5, 5.41) is 13.3. The molecule has 0 aliphatic heterocycles. The number of benzene rings is 2. The summed E-state index contributed by atoms with van der Waals surface area (Å²) in [4.78, 5) is 33.5. The van der Waals surface area contributed by atoms with Crippen LogP contribution in [0.3, 0.4) is 0 Å². The van der Waals surface area contributed by atoms with Crippen molar-refractivity contribution in [3.8, 4) is 5.75 Å². The fourth-order valence-electron chi connectivity index (χ4n) is 1.83. The summed E-state index contributed by atoms with van der Waals surface area (Å²) < 4.78 is 22.9. The second-order valence-corrected chi connectivity index (χ2v) is 5.28. The van der Waals surface area contributed by atoms with Crippen LogP contribution in [0.15, 0.2) is 42.5 Å². The zero-order valence-electron chi connectivity index (χ0n) is 13.1. The number of hydrogen-bond donors (Lipinski definition) is 1. The van der Waals surface area contributed by atoms with E-state index in [1.807, 2.05) is 0 Å². The summed E-state index contributed by atoms with van der Waals surface area (Å²) in [6.07, 6.45) is 0. The minimum atomic E-state index is -0.908. The summed E-state index contributed by atoms with van der Waals surface area (Å²) in [5.41, 5.74) is -0.497. The van der Waals surface area contributed by atoms with Gasteiger partial charge in [0.1, 0.15) is 5.69 Å². The number of nitro groups is 1. The lowest BCUT2D eigenvalue weighted by Crippen LogP contribution is -2.24. The lowest BCUT2D eigenvalue weighted by atomic mass is 10.2. The Labute approximate surface area is 151 Å². The molecular formula is C16H12ClFN2O6. The minimum Gasteiger partial charge on any atom is -0.479 e. The topological polar surface area (TPSA) is 108 Å². The summed E-state index contributed by atoms with van der Waals surface area (Å²) in [6.45, 7) is -1.30. The van der Waals surface area contributed by atoms with Gasteiger partial charge in [-0.2, -0.15) is 0 Å². The summed E-state index contributed by atoms with van der Waals surface area (Å²) >= 11 is 5.67. The lowest BCUT2D eigenvalue weighted by molar-refractivity contribution is -0.383. The number of carbonyl (C=O) groups excluding carboxylic acids is 2. The van der Waals surface area contributed by atoms with E-state index in [9.17, 15) is 24.1 Å². The van der Waals surface area contributed by atoms with Crippen LogP contribution in [0.25, 0.3) is 0 Å². The third kappa shape index (κ3) is 5.42. The normalized spacial score (nSPS) is 10.1. The molecule has 1 amide bonds. The first-order valence-electron chi connectivity index (χ1n) is 7.13. The van der Waals surface area contributed by atoms with E-state index in [0.717, 1.165) is 12.1 Å². The van der Waals surface area contributed by atoms with E-state index in [2.05, 4.69) is 10.1 Å². The van der Waals surface area contributed by atoms with Crippen LogP contribution in [0.4, 0.5) is 15.8 Å². The van der Waals surface area contributed by atoms with Crippen LogP contribution < -0.4 is 10.1 Å². The maximum atomic E-state index is 13.3. The van der Waals surface area contributed by atoms with E-state index in [1.54, 1.807) is 0 Å². The SMILES string of the molecule is O=C(COC(=O)COc1ccccc1F)Nc1ccc(Cl)cc1[N+](=O)[O-]. The second kappa shape index (κ2) is 8.77. The van der Waals surface area contributed by atoms with Crippen LogP contribution in [0.1, 0.15) is 0 Å². The molecule has 0 aromatic heterocycles. The van der Waals surface area contributed by atoms with Crippen molar-refractivity contribution in [2.24, 2.45) is 0 Å². The standard InChI is InChI=1S/C16H12ClFN2O6/c17-10-5-6-12(13(7-10)20(23)24)19-15(21)8-26-16(22)9-25-14-4-2-1-3-11(14)18/h1-7H,8-9H2,(H,19,21). The number of nitrogens with one attached hydrogen (secondary N) is 1. The molecule has 0 spiro atoms. The minimum absolute atomic E-state index is 0.0944. The van der Waals surface area contributed by atoms with Crippen LogP contribution in [0.5, 0.6) is 5.75 Å². The van der Waals surface area contributed by atoms with Crippen molar-refractivity contribution in [3.63, 3.8) is 0 Å². The quantitative estimate of drug-likeness (QED) is 0.448. The van der Waals surface area contributed by atoms with Crippen molar-refractivity contribution < 1.29 is 28.4 Å². The fourth-order valence-corrected chi connectivity index (χ4v) is 2.00. The molecule has 2 aromatic carbocycles. The van der Waals surface area contributed by atoms with Gasteiger partial charge in [-0.3, -0.25) is 14.9 Å². The Balaban J connectivity index is 1.84. The maximum absolute atomic E-state index is 13.3. The average Bonchev–Trinajstić information content (AvgIpc) is 2.60. The molecule has 0 unspecified atom stereocenters. The van der Waals surface area contributed by atoms with Gasteiger partial charge in [0, 0.05) is 11.1 Å². The van der Waals surface area contributed by atoms with Gasteiger partial charge in [0.2, 0.25) is 0 Å². The lowest BCUT2D eigenvalue weighted by Gasteiger charge is -2.08. The molecule has 0 atom stereocenters. The molecule has 0 aliphatic carbocycles. The van der Waals surface area contributed by atoms with E-state index in [0.29, 0.717) is 0 Å². The molecule has 0 radical (unpaired) electrons. The average molecular weight is 383 g/mol. The highest BCUT2D eigenvalue weighted by molar-refractivity contribution is 6.31. The van der Waals surface area contributed by atoms with Crippen LogP contribution in [-0.2, 0) is 14.3 Å². The van der Waals surface area contributed by atoms with Gasteiger partial charge >= 0.3 is 5.97 Å². The number of carbonyl (C=O) groups is 2. The Morgan fingerprint density at radius 3 is 2.62 bits per heavy atom. The van der Waals surface area contributed by atoms with Crippen molar-refractivity contribution >= 4 is 34.9 Å². The molecule has 0 bridgehead atoms. The molecule has 8 nitrogen and oxygen atoms in total. The van der Waals surface area contributed by atoms with Gasteiger partial charge < -0.3 is 14.8 Å². The summed E-state index contributed by atoms with van der Waals surface area (Å²) in [7, 11) is 0. The molecule has 0 saturated heterocycles. The van der Waals surface area contributed by atoms with Gasteiger partial charge in [-0.15, -0.1) is 0 Å². The highest BCUT2D eigenvalue weighted by atomic mass is 35.5. The number of anilines is 1. The molecule has 0 heterocycles. The molecule has 10 heteroatoms. The number of ether oxygens (including phenoxy) is 2. The molecule has 1 N–H and O–H groups in total. The highest BCUT2D eigenvalue weighted by Crippen LogP contribution is 2.27. The second-order valence-electron chi connectivity index (χ2n) is 4.85. The first-order chi connectivity index (χ1) is 12.4. The monoisotopic (exact) mass is 382 g/mol. The van der Waals surface area contributed by atoms with E-state index in [1.165, 1.54) is 30.3 Å². The van der Waals surface area contributed by atoms with Gasteiger partial charge in [-0.1, -0.05) is 23.7 Å².